The van der Waals surface area contributed by atoms with Gasteiger partial charge < -0.3 is 51.1 Å². The number of carbonyl (C=O) groups excluding carboxylic acids is 5. The van der Waals surface area contributed by atoms with E-state index in [0.29, 0.717) is 51.9 Å². The Balaban J connectivity index is 2.43. The molecule has 3 unspecified atom stereocenters. The van der Waals surface area contributed by atoms with Crippen LogP contribution in [0.2, 0.25) is 0 Å². The van der Waals surface area contributed by atoms with E-state index in [9.17, 15) is 33.9 Å². The molecule has 0 radical (unpaired) electrons. The van der Waals surface area contributed by atoms with Gasteiger partial charge in [-0.25, -0.2) is 9.48 Å². The van der Waals surface area contributed by atoms with Gasteiger partial charge in [0, 0.05) is 25.3 Å². The SMILES string of the molecule is CC(C)Cc1cnnn1CCOCCOCCOCCOCCC(=O)NC(CCC(=O)O)C(=O)NC(C(=O)NC(CCCNC(N)=O)C(=O)C(C)C)C(C)C. The minimum absolute atomic E-state index is 0.0289. The van der Waals surface area contributed by atoms with E-state index in [1.165, 1.54) is 0 Å². The monoisotopic (exact) mass is 784 g/mol. The molecule has 19 nitrogen and oxygen atoms in total. The second-order valence-corrected chi connectivity index (χ2v) is 14.1. The molecule has 0 aliphatic carbocycles. The summed E-state index contributed by atoms with van der Waals surface area (Å²) in [7, 11) is 0. The van der Waals surface area contributed by atoms with Crippen LogP contribution in [0.4, 0.5) is 4.79 Å². The van der Waals surface area contributed by atoms with Gasteiger partial charge in [0.15, 0.2) is 5.78 Å². The van der Waals surface area contributed by atoms with E-state index < -0.39 is 66.1 Å². The number of carbonyl (C=O) groups is 6. The smallest absolute Gasteiger partial charge is 0.312 e. The van der Waals surface area contributed by atoms with Crippen LogP contribution in [0.3, 0.4) is 0 Å². The normalized spacial score (nSPS) is 13.0. The summed E-state index contributed by atoms with van der Waals surface area (Å²) in [5, 5.41) is 27.6. The van der Waals surface area contributed by atoms with Crippen LogP contribution in [0, 0.1) is 17.8 Å². The number of carboxylic acids is 1. The molecule has 1 heterocycles. The first-order valence-electron chi connectivity index (χ1n) is 19.0. The van der Waals surface area contributed by atoms with Crippen molar-refractivity contribution in [1.82, 2.24) is 36.3 Å². The Morgan fingerprint density at radius 1 is 0.764 bits per heavy atom. The van der Waals surface area contributed by atoms with Crippen LogP contribution in [0.25, 0.3) is 0 Å². The molecule has 0 saturated carbocycles. The molecule has 0 fully saturated rings. The van der Waals surface area contributed by atoms with Crippen LogP contribution in [0.1, 0.15) is 79.3 Å². The summed E-state index contributed by atoms with van der Waals surface area (Å²) in [6.45, 7) is 14.5. The zero-order valence-electron chi connectivity index (χ0n) is 33.3. The number of ketones is 1. The Kier molecular flexibility index (Phi) is 25.1. The zero-order chi connectivity index (χ0) is 41.2. The van der Waals surface area contributed by atoms with E-state index in [1.54, 1.807) is 33.9 Å². The molecule has 55 heavy (non-hydrogen) atoms. The highest BCUT2D eigenvalue weighted by atomic mass is 16.6. The van der Waals surface area contributed by atoms with Crippen LogP contribution in [0.5, 0.6) is 0 Å². The number of amides is 5. The lowest BCUT2D eigenvalue weighted by atomic mass is 9.96. The maximum absolute atomic E-state index is 13.3. The fraction of sp³-hybridized carbons (Fsp3) is 0.778. The van der Waals surface area contributed by atoms with Gasteiger partial charge in [-0.05, 0) is 37.5 Å². The van der Waals surface area contributed by atoms with E-state index in [4.69, 9.17) is 24.7 Å². The molecule has 7 N–H and O–H groups in total. The van der Waals surface area contributed by atoms with E-state index in [-0.39, 0.29) is 51.4 Å². The highest BCUT2D eigenvalue weighted by Crippen LogP contribution is 2.10. The van der Waals surface area contributed by atoms with Crippen molar-refractivity contribution in [3.8, 4) is 0 Å². The molecule has 3 atom stereocenters. The maximum Gasteiger partial charge on any atom is 0.312 e. The Morgan fingerprint density at radius 3 is 1.91 bits per heavy atom. The van der Waals surface area contributed by atoms with Crippen molar-refractivity contribution in [2.45, 2.75) is 105 Å². The molecule has 1 aromatic rings. The van der Waals surface area contributed by atoms with Gasteiger partial charge in [0.05, 0.1) is 77.3 Å². The van der Waals surface area contributed by atoms with E-state index in [1.807, 2.05) is 4.68 Å². The summed E-state index contributed by atoms with van der Waals surface area (Å²) in [4.78, 5) is 74.4. The van der Waals surface area contributed by atoms with Crippen molar-refractivity contribution in [2.75, 3.05) is 59.4 Å². The highest BCUT2D eigenvalue weighted by molar-refractivity contribution is 5.95. The number of nitrogens with zero attached hydrogens (tertiary/aromatic N) is 3. The molecule has 0 aromatic carbocycles. The number of aliphatic carboxylic acids is 1. The molecule has 0 spiro atoms. The number of primary amides is 1. The predicted molar refractivity (Wildman–Crippen MR) is 201 cm³/mol. The van der Waals surface area contributed by atoms with Crippen molar-refractivity contribution in [3.05, 3.63) is 11.9 Å². The summed E-state index contributed by atoms with van der Waals surface area (Å²) in [5.41, 5.74) is 6.18. The second-order valence-electron chi connectivity index (χ2n) is 14.1. The minimum Gasteiger partial charge on any atom is -0.481 e. The highest BCUT2D eigenvalue weighted by Gasteiger charge is 2.32. The van der Waals surface area contributed by atoms with Crippen molar-refractivity contribution in [2.24, 2.45) is 23.5 Å². The van der Waals surface area contributed by atoms with Crippen LogP contribution in [-0.4, -0.2) is 133 Å². The average Bonchev–Trinajstić information content (AvgIpc) is 3.55. The van der Waals surface area contributed by atoms with Crippen molar-refractivity contribution >= 4 is 35.5 Å². The quantitative estimate of drug-likeness (QED) is 0.0547. The molecule has 0 saturated heterocycles. The van der Waals surface area contributed by atoms with Gasteiger partial charge in [0.2, 0.25) is 17.7 Å². The molecule has 0 bridgehead atoms. The third-order valence-corrected chi connectivity index (χ3v) is 8.10. The summed E-state index contributed by atoms with van der Waals surface area (Å²) in [5.74, 6) is -3.59. The number of rotatable bonds is 32. The largest absolute Gasteiger partial charge is 0.481 e. The van der Waals surface area contributed by atoms with Crippen LogP contribution >= 0.6 is 0 Å². The second kappa shape index (κ2) is 28.2. The molecule has 19 heteroatoms. The number of hydrogen-bond acceptors (Lipinski definition) is 12. The predicted octanol–water partition coefficient (Wildman–Crippen LogP) is 0.582. The van der Waals surface area contributed by atoms with Crippen LogP contribution < -0.4 is 27.0 Å². The lowest BCUT2D eigenvalue weighted by Crippen LogP contribution is -2.57. The van der Waals surface area contributed by atoms with Crippen LogP contribution in [-0.2, 0) is 55.9 Å². The number of nitrogens with one attached hydrogen (secondary N) is 4. The number of Topliss-reactive ketones (excluding diaryl/α,β-unsaturated/α-hetero) is 1. The standard InChI is InChI=1S/C36H64N8O11/c1-24(2)22-27-23-39-43-44(27)13-15-53-17-19-55-21-20-54-18-16-52-14-11-30(45)40-29(9-10-31(46)47)34(49)42-32(25(3)4)35(50)41-28(33(48)26(5)6)8-7-12-38-36(37)51/h23-26,28-29,32H,7-22H2,1-6H3,(H,40,45)(H,41,50)(H,42,49)(H,46,47)(H3,37,38,51). The molecule has 314 valence electrons. The molecule has 1 aromatic heterocycles. The Bertz CT molecular complexity index is 1310. The maximum atomic E-state index is 13.3. The lowest BCUT2D eigenvalue weighted by molar-refractivity contribution is -0.138. The zero-order valence-corrected chi connectivity index (χ0v) is 33.3. The first-order valence-corrected chi connectivity index (χ1v) is 19.0. The molecule has 5 amide bonds. The minimum atomic E-state index is -1.24. The average molecular weight is 785 g/mol. The fourth-order valence-corrected chi connectivity index (χ4v) is 5.18. The van der Waals surface area contributed by atoms with Crippen molar-refractivity contribution < 1.29 is 52.8 Å². The Hall–Kier alpha value is -4.20. The van der Waals surface area contributed by atoms with Gasteiger partial charge in [0.25, 0.3) is 0 Å². The van der Waals surface area contributed by atoms with Gasteiger partial charge in [-0.3, -0.25) is 24.0 Å². The van der Waals surface area contributed by atoms with E-state index in [0.717, 1.165) is 12.1 Å². The number of aromatic nitrogens is 3. The first-order chi connectivity index (χ1) is 26.1. The summed E-state index contributed by atoms with van der Waals surface area (Å²) < 4.78 is 23.9. The van der Waals surface area contributed by atoms with Crippen molar-refractivity contribution in [3.63, 3.8) is 0 Å². The molecule has 0 aliphatic heterocycles. The first kappa shape index (κ1) is 48.8. The van der Waals surface area contributed by atoms with E-state index in [2.05, 4.69) is 45.4 Å². The Labute approximate surface area is 323 Å². The molecular weight excluding hydrogens is 720 g/mol. The van der Waals surface area contributed by atoms with Gasteiger partial charge in [0.1, 0.15) is 12.1 Å². The fourth-order valence-electron chi connectivity index (χ4n) is 5.18. The molecule has 0 aliphatic rings. The van der Waals surface area contributed by atoms with Gasteiger partial charge in [-0.15, -0.1) is 5.10 Å². The van der Waals surface area contributed by atoms with Gasteiger partial charge in [-0.2, -0.15) is 0 Å². The lowest BCUT2D eigenvalue weighted by Gasteiger charge is -2.27. The van der Waals surface area contributed by atoms with Crippen LogP contribution in [0.15, 0.2) is 6.20 Å². The molecule has 1 rings (SSSR count). The number of urea groups is 1. The van der Waals surface area contributed by atoms with E-state index >= 15 is 0 Å². The summed E-state index contributed by atoms with van der Waals surface area (Å²) in [6.07, 6.45) is 2.55. The summed E-state index contributed by atoms with van der Waals surface area (Å²) in [6, 6.07) is -3.92. The molecular formula is C36H64N8O11. The van der Waals surface area contributed by atoms with Gasteiger partial charge in [-0.1, -0.05) is 46.8 Å². The third kappa shape index (κ3) is 22.7. The topological polar surface area (TPSA) is 264 Å². The number of hydrogen-bond donors (Lipinski definition) is 6. The summed E-state index contributed by atoms with van der Waals surface area (Å²) >= 11 is 0. The van der Waals surface area contributed by atoms with Crippen molar-refractivity contribution in [1.29, 1.82) is 0 Å². The Morgan fingerprint density at radius 2 is 1.36 bits per heavy atom. The number of ether oxygens (including phenoxy) is 4. The number of carboxylic acid groups (broad SMARTS) is 1. The van der Waals surface area contributed by atoms with Gasteiger partial charge >= 0.3 is 12.0 Å². The third-order valence-electron chi connectivity index (χ3n) is 8.10. The number of nitrogens with two attached hydrogens (primary N) is 1.